The summed E-state index contributed by atoms with van der Waals surface area (Å²) in [6, 6.07) is 10.8. The molecule has 0 spiro atoms. The predicted molar refractivity (Wildman–Crippen MR) is 118 cm³/mol. The number of carbonyl (C=O) groups excluding carboxylic acids is 1. The van der Waals surface area contributed by atoms with Crippen LogP contribution >= 0.6 is 0 Å². The number of benzene rings is 1. The number of methoxy groups -OCH3 is 1. The zero-order valence-electron chi connectivity index (χ0n) is 18.8. The highest BCUT2D eigenvalue weighted by Gasteiger charge is 2.39. The van der Waals surface area contributed by atoms with Crippen molar-refractivity contribution in [3.63, 3.8) is 0 Å². The molecule has 5 rings (SSSR count). The third-order valence-electron chi connectivity index (χ3n) is 5.94. The smallest absolute Gasteiger partial charge is 0.451 e. The fourth-order valence-electron chi connectivity index (χ4n) is 4.35. The molecule has 0 radical (unpaired) electrons. The van der Waals surface area contributed by atoms with Crippen molar-refractivity contribution in [1.29, 1.82) is 0 Å². The molecule has 0 unspecified atom stereocenters. The van der Waals surface area contributed by atoms with Gasteiger partial charge >= 0.3 is 12.1 Å². The summed E-state index contributed by atoms with van der Waals surface area (Å²) in [5, 5.41) is 7.00. The third kappa shape index (κ3) is 4.00. The van der Waals surface area contributed by atoms with E-state index in [1.54, 1.807) is 35.2 Å². The molecule has 9 nitrogen and oxygen atoms in total. The Morgan fingerprint density at radius 1 is 1.08 bits per heavy atom. The number of para-hydroxylation sites is 1. The van der Waals surface area contributed by atoms with Gasteiger partial charge in [0, 0.05) is 30.9 Å². The zero-order chi connectivity index (χ0) is 25.6. The third-order valence-corrected chi connectivity index (χ3v) is 5.94. The van der Waals surface area contributed by atoms with E-state index in [9.17, 15) is 27.2 Å². The molecule has 0 N–H and O–H groups in total. The molecule has 3 aromatic heterocycles. The first-order chi connectivity index (χ1) is 17.2. The molecule has 36 heavy (non-hydrogen) atoms. The van der Waals surface area contributed by atoms with Gasteiger partial charge in [-0.05, 0) is 24.3 Å². The molecule has 13 heteroatoms. The lowest BCUT2D eigenvalue weighted by atomic mass is 10.1. The number of pyridine rings is 2. The van der Waals surface area contributed by atoms with Crippen molar-refractivity contribution >= 4 is 17.0 Å². The van der Waals surface area contributed by atoms with Gasteiger partial charge in [0.15, 0.2) is 11.1 Å². The molecule has 1 aliphatic heterocycles. The van der Waals surface area contributed by atoms with Crippen LogP contribution in [0.1, 0.15) is 27.7 Å². The van der Waals surface area contributed by atoms with E-state index in [2.05, 4.69) is 15.2 Å². The maximum absolute atomic E-state index is 14.1. The lowest BCUT2D eigenvalue weighted by Crippen LogP contribution is -2.37. The first kappa shape index (κ1) is 23.6. The second-order valence-electron chi connectivity index (χ2n) is 8.12. The van der Waals surface area contributed by atoms with E-state index in [1.807, 2.05) is 0 Å². The van der Waals surface area contributed by atoms with Gasteiger partial charge in [-0.1, -0.05) is 18.2 Å². The van der Waals surface area contributed by atoms with Gasteiger partial charge in [0.1, 0.15) is 11.5 Å². The van der Waals surface area contributed by atoms with Crippen LogP contribution in [0.2, 0.25) is 0 Å². The molecule has 0 bridgehead atoms. The van der Waals surface area contributed by atoms with E-state index < -0.39 is 29.3 Å². The van der Waals surface area contributed by atoms with Gasteiger partial charge in [-0.2, -0.15) is 17.6 Å². The minimum absolute atomic E-state index is 0.0336. The summed E-state index contributed by atoms with van der Waals surface area (Å²) >= 11 is 0. The topological polar surface area (TPSA) is 95.1 Å². The zero-order valence-corrected chi connectivity index (χ0v) is 18.8. The molecule has 4 heterocycles. The fourth-order valence-corrected chi connectivity index (χ4v) is 4.35. The van der Waals surface area contributed by atoms with E-state index in [4.69, 9.17) is 4.74 Å². The summed E-state index contributed by atoms with van der Waals surface area (Å²) < 4.78 is 61.1. The van der Waals surface area contributed by atoms with Gasteiger partial charge in [0.2, 0.25) is 11.8 Å². The Balaban J connectivity index is 1.66. The van der Waals surface area contributed by atoms with E-state index in [-0.39, 0.29) is 54.3 Å². The Bertz CT molecular complexity index is 1530. The van der Waals surface area contributed by atoms with Crippen LogP contribution in [0.15, 0.2) is 47.3 Å². The first-order valence-electron chi connectivity index (χ1n) is 10.8. The fraction of sp³-hybridized carbons (Fsp3) is 0.261. The Morgan fingerprint density at radius 3 is 2.53 bits per heavy atom. The monoisotopic (exact) mass is 502 g/mol. The summed E-state index contributed by atoms with van der Waals surface area (Å²) in [6.07, 6.45) is -4.64. The van der Waals surface area contributed by atoms with E-state index >= 15 is 0 Å². The molecular formula is C23H18F4N6O3. The van der Waals surface area contributed by atoms with Gasteiger partial charge in [0.05, 0.1) is 19.0 Å². The van der Waals surface area contributed by atoms with Crippen LogP contribution in [0.5, 0.6) is 0 Å². The number of nitrogens with zero attached hydrogens (tertiary/aromatic N) is 6. The summed E-state index contributed by atoms with van der Waals surface area (Å²) in [6.45, 7) is -0.0526. The summed E-state index contributed by atoms with van der Waals surface area (Å²) in [4.78, 5) is 32.1. The molecule has 0 amide bonds. The van der Waals surface area contributed by atoms with Crippen molar-refractivity contribution in [1.82, 2.24) is 29.2 Å². The molecular weight excluding hydrogens is 484 g/mol. The number of hydrogen-bond acceptors (Lipinski definition) is 7. The second kappa shape index (κ2) is 8.82. The van der Waals surface area contributed by atoms with E-state index in [0.717, 1.165) is 17.7 Å². The van der Waals surface area contributed by atoms with Crippen LogP contribution in [-0.4, -0.2) is 48.8 Å². The molecule has 1 aliphatic rings. The van der Waals surface area contributed by atoms with Gasteiger partial charge in [-0.25, -0.2) is 9.78 Å². The molecule has 0 saturated carbocycles. The number of ether oxygens (including phenoxy) is 1. The lowest BCUT2D eigenvalue weighted by Gasteiger charge is -2.29. The number of aromatic nitrogens is 5. The number of halogens is 4. The van der Waals surface area contributed by atoms with Crippen molar-refractivity contribution in [2.75, 3.05) is 13.7 Å². The first-order valence-corrected chi connectivity index (χ1v) is 10.8. The predicted octanol–water partition coefficient (Wildman–Crippen LogP) is 2.94. The highest BCUT2D eigenvalue weighted by atomic mass is 19.4. The molecule has 4 aromatic rings. The summed E-state index contributed by atoms with van der Waals surface area (Å²) in [7, 11) is 1.15. The second-order valence-corrected chi connectivity index (χ2v) is 8.12. The summed E-state index contributed by atoms with van der Waals surface area (Å²) in [5.74, 6) is -2.69. The largest absolute Gasteiger partial charge is 0.464 e. The maximum atomic E-state index is 14.1. The van der Waals surface area contributed by atoms with Crippen molar-refractivity contribution in [3.05, 3.63) is 81.5 Å². The highest BCUT2D eigenvalue weighted by molar-refractivity contribution is 5.94. The van der Waals surface area contributed by atoms with Crippen LogP contribution in [-0.2, 0) is 30.5 Å². The van der Waals surface area contributed by atoms with E-state index in [0.29, 0.717) is 5.69 Å². The van der Waals surface area contributed by atoms with Crippen LogP contribution in [0.3, 0.4) is 0 Å². The number of esters is 1. The van der Waals surface area contributed by atoms with Crippen LogP contribution in [0.4, 0.5) is 17.6 Å². The number of fused-ring (bicyclic) bond motifs is 2. The van der Waals surface area contributed by atoms with Crippen molar-refractivity contribution in [2.45, 2.75) is 25.8 Å². The Kier molecular flexibility index (Phi) is 5.79. The summed E-state index contributed by atoms with van der Waals surface area (Å²) in [5.41, 5.74) is -0.301. The average Bonchev–Trinajstić information content (AvgIpc) is 3.29. The lowest BCUT2D eigenvalue weighted by molar-refractivity contribution is -0.148. The molecule has 186 valence electrons. The van der Waals surface area contributed by atoms with Crippen LogP contribution < -0.4 is 5.43 Å². The SMILES string of the molecule is COC(=O)c1c(CN2CCn3c(nnc3C(F)(F)F)C2)c(=O)c2ccc(F)nc2n1-c1ccccc1. The van der Waals surface area contributed by atoms with Gasteiger partial charge in [0.25, 0.3) is 0 Å². The van der Waals surface area contributed by atoms with Gasteiger partial charge < -0.3 is 9.30 Å². The van der Waals surface area contributed by atoms with Crippen molar-refractivity contribution in [3.8, 4) is 5.69 Å². The van der Waals surface area contributed by atoms with Crippen LogP contribution in [0, 0.1) is 5.95 Å². The number of rotatable bonds is 4. The highest BCUT2D eigenvalue weighted by Crippen LogP contribution is 2.30. The van der Waals surface area contributed by atoms with Crippen molar-refractivity contribution < 1.29 is 27.1 Å². The van der Waals surface area contributed by atoms with Gasteiger partial charge in [-0.15, -0.1) is 10.2 Å². The van der Waals surface area contributed by atoms with Gasteiger partial charge in [-0.3, -0.25) is 14.3 Å². The van der Waals surface area contributed by atoms with Crippen molar-refractivity contribution in [2.24, 2.45) is 0 Å². The molecule has 0 saturated heterocycles. The Morgan fingerprint density at radius 2 is 1.83 bits per heavy atom. The van der Waals surface area contributed by atoms with E-state index in [1.165, 1.54) is 10.6 Å². The number of hydrogen-bond donors (Lipinski definition) is 0. The molecule has 1 aromatic carbocycles. The average molecular weight is 502 g/mol. The quantitative estimate of drug-likeness (QED) is 0.241. The number of carbonyl (C=O) groups is 1. The minimum atomic E-state index is -4.64. The molecule has 0 fully saturated rings. The minimum Gasteiger partial charge on any atom is -0.464 e. The molecule has 0 aliphatic carbocycles. The Hall–Kier alpha value is -4.13. The standard InChI is InChI=1S/C23H18F4N6O3/c1-36-21(35)18-15(11-31-9-10-32-17(12-31)29-30-22(32)23(25,26)27)19(34)14-7-8-16(24)28-20(14)33(18)13-5-3-2-4-6-13/h2-8H,9-12H2,1H3. The molecule has 0 atom stereocenters. The maximum Gasteiger partial charge on any atom is 0.451 e. The number of alkyl halides is 3. The Labute approximate surface area is 200 Å². The van der Waals surface area contributed by atoms with Crippen LogP contribution in [0.25, 0.3) is 16.7 Å². The normalized spacial score (nSPS) is 14.1.